The van der Waals surface area contributed by atoms with Gasteiger partial charge in [0, 0.05) is 12.9 Å². The third-order valence-corrected chi connectivity index (χ3v) is 1.29. The average molecular weight is 175 g/mol. The van der Waals surface area contributed by atoms with E-state index in [0.29, 0.717) is 12.4 Å². The van der Waals surface area contributed by atoms with Gasteiger partial charge in [-0.1, -0.05) is 0 Å². The van der Waals surface area contributed by atoms with E-state index in [1.165, 1.54) is 0 Å². The van der Waals surface area contributed by atoms with Gasteiger partial charge >= 0.3 is 51.4 Å². The van der Waals surface area contributed by atoms with Gasteiger partial charge in [0.05, 0.1) is 11.6 Å². The van der Waals surface area contributed by atoms with Crippen LogP contribution in [-0.2, 0) is 0 Å². The summed E-state index contributed by atoms with van der Waals surface area (Å²) in [4.78, 5) is 7.54. The van der Waals surface area contributed by atoms with E-state index in [4.69, 9.17) is 4.74 Å². The molecule has 0 atom stereocenters. The van der Waals surface area contributed by atoms with Gasteiger partial charge in [-0.25, -0.2) is 0 Å². The zero-order valence-corrected chi connectivity index (χ0v) is 9.42. The van der Waals surface area contributed by atoms with Gasteiger partial charge in [0.1, 0.15) is 6.61 Å². The van der Waals surface area contributed by atoms with Crippen LogP contribution in [0.1, 0.15) is 0 Å². The molecular formula is C6H6KN3O. The molecule has 0 unspecified atom stereocenters. The molecule has 4 nitrogen and oxygen atoms in total. The molecule has 0 radical (unpaired) electrons. The zero-order chi connectivity index (χ0) is 6.81. The van der Waals surface area contributed by atoms with E-state index in [1.54, 1.807) is 6.20 Å². The monoisotopic (exact) mass is 175 g/mol. The SMILES string of the molecule is [K+].[c-]1ncc2c(n1)NCCO2. The fraction of sp³-hybridized carbons (Fsp3) is 0.333. The van der Waals surface area contributed by atoms with Gasteiger partial charge in [-0.15, -0.1) is 0 Å². The Balaban J connectivity index is 0.000000605. The van der Waals surface area contributed by atoms with Crippen molar-refractivity contribution in [1.29, 1.82) is 0 Å². The number of anilines is 1. The number of hydrogen-bond donors (Lipinski definition) is 1. The third-order valence-electron chi connectivity index (χ3n) is 1.29. The summed E-state index contributed by atoms with van der Waals surface area (Å²) in [6, 6.07) is 0. The maximum Gasteiger partial charge on any atom is 1.00 e. The molecule has 0 aliphatic carbocycles. The summed E-state index contributed by atoms with van der Waals surface area (Å²) in [5, 5.41) is 3.06. The molecule has 0 saturated heterocycles. The van der Waals surface area contributed by atoms with Crippen molar-refractivity contribution in [2.45, 2.75) is 0 Å². The fourth-order valence-electron chi connectivity index (χ4n) is 0.845. The molecule has 11 heavy (non-hydrogen) atoms. The van der Waals surface area contributed by atoms with Gasteiger partial charge in [-0.3, -0.25) is 0 Å². The van der Waals surface area contributed by atoms with Crippen LogP contribution in [0, 0.1) is 6.33 Å². The van der Waals surface area contributed by atoms with Crippen LogP contribution in [0.25, 0.3) is 0 Å². The van der Waals surface area contributed by atoms with Crippen molar-refractivity contribution in [3.05, 3.63) is 12.5 Å². The van der Waals surface area contributed by atoms with Crippen molar-refractivity contribution < 1.29 is 56.1 Å². The summed E-state index contributed by atoms with van der Waals surface area (Å²) >= 11 is 0. The van der Waals surface area contributed by atoms with Crippen molar-refractivity contribution in [1.82, 2.24) is 9.97 Å². The standard InChI is InChI=1S/C6H6N3O.K/c1-2-10-5-3-7-4-9-6(5)8-1;/h3H,1-2H2,(H,7,8,9);/q-1;+1. The van der Waals surface area contributed by atoms with Gasteiger partial charge in [-0.2, -0.15) is 0 Å². The topological polar surface area (TPSA) is 47.0 Å². The Morgan fingerprint density at radius 3 is 3.36 bits per heavy atom. The smallest absolute Gasteiger partial charge is 0.512 e. The van der Waals surface area contributed by atoms with Crippen molar-refractivity contribution in [2.24, 2.45) is 0 Å². The molecule has 52 valence electrons. The van der Waals surface area contributed by atoms with Gasteiger partial charge < -0.3 is 20.0 Å². The number of ether oxygens (including phenoxy) is 1. The molecule has 1 aromatic rings. The molecule has 1 N–H and O–H groups in total. The normalized spacial score (nSPS) is 13.5. The maximum absolute atomic E-state index is 5.22. The summed E-state index contributed by atoms with van der Waals surface area (Å²) in [7, 11) is 0. The Hall–Kier alpha value is 0.316. The van der Waals surface area contributed by atoms with Gasteiger partial charge in [0.15, 0.2) is 0 Å². The molecular weight excluding hydrogens is 169 g/mol. The summed E-state index contributed by atoms with van der Waals surface area (Å²) in [6.07, 6.45) is 4.08. The van der Waals surface area contributed by atoms with Crippen LogP contribution >= 0.6 is 0 Å². The van der Waals surface area contributed by atoms with Crippen molar-refractivity contribution in [2.75, 3.05) is 18.5 Å². The second-order valence-electron chi connectivity index (χ2n) is 1.96. The quantitative estimate of drug-likeness (QED) is 0.339. The third kappa shape index (κ3) is 2.13. The average Bonchev–Trinajstić information content (AvgIpc) is 2.05. The Morgan fingerprint density at radius 2 is 2.55 bits per heavy atom. The first-order valence-corrected chi connectivity index (χ1v) is 3.06. The first-order valence-electron chi connectivity index (χ1n) is 3.06. The van der Waals surface area contributed by atoms with Crippen LogP contribution in [-0.4, -0.2) is 23.1 Å². The molecule has 5 heteroatoms. The Kier molecular flexibility index (Phi) is 3.74. The van der Waals surface area contributed by atoms with Crippen molar-refractivity contribution >= 4 is 5.82 Å². The Bertz CT molecular complexity index is 218. The first-order chi connectivity index (χ1) is 4.97. The number of aromatic nitrogens is 2. The minimum absolute atomic E-state index is 0. The number of hydrogen-bond acceptors (Lipinski definition) is 4. The molecule has 0 aromatic carbocycles. The number of nitrogens with zero attached hydrogens (tertiary/aromatic N) is 2. The molecule has 0 fully saturated rings. The van der Waals surface area contributed by atoms with Crippen LogP contribution in [0.15, 0.2) is 6.20 Å². The predicted molar refractivity (Wildman–Crippen MR) is 34.9 cm³/mol. The summed E-state index contributed by atoms with van der Waals surface area (Å²) in [5.74, 6) is 1.45. The van der Waals surface area contributed by atoms with E-state index in [2.05, 4.69) is 21.6 Å². The number of nitrogens with one attached hydrogen (secondary N) is 1. The minimum Gasteiger partial charge on any atom is -0.512 e. The second-order valence-corrected chi connectivity index (χ2v) is 1.96. The van der Waals surface area contributed by atoms with Crippen LogP contribution in [0.2, 0.25) is 0 Å². The van der Waals surface area contributed by atoms with E-state index in [9.17, 15) is 0 Å². The molecule has 2 heterocycles. The predicted octanol–water partition coefficient (Wildman–Crippen LogP) is -2.91. The second kappa shape index (κ2) is 4.37. The molecule has 0 spiro atoms. The molecule has 1 aliphatic rings. The molecule has 1 aromatic heterocycles. The fourth-order valence-corrected chi connectivity index (χ4v) is 0.845. The summed E-state index contributed by atoms with van der Waals surface area (Å²) < 4.78 is 5.22. The van der Waals surface area contributed by atoms with E-state index < -0.39 is 0 Å². The van der Waals surface area contributed by atoms with Crippen LogP contribution in [0.5, 0.6) is 5.75 Å². The van der Waals surface area contributed by atoms with Gasteiger partial charge in [-0.05, 0) is 6.20 Å². The van der Waals surface area contributed by atoms with E-state index >= 15 is 0 Å². The maximum atomic E-state index is 5.22. The Morgan fingerprint density at radius 1 is 1.64 bits per heavy atom. The molecule has 0 bridgehead atoms. The largest absolute Gasteiger partial charge is 1.00 e. The van der Waals surface area contributed by atoms with E-state index in [0.717, 1.165) is 12.4 Å². The van der Waals surface area contributed by atoms with Crippen molar-refractivity contribution in [3.8, 4) is 5.75 Å². The Labute approximate surface area is 107 Å². The van der Waals surface area contributed by atoms with Crippen molar-refractivity contribution in [3.63, 3.8) is 0 Å². The summed E-state index contributed by atoms with van der Waals surface area (Å²) in [6.45, 7) is 1.48. The van der Waals surface area contributed by atoms with E-state index in [-0.39, 0.29) is 51.4 Å². The summed E-state index contributed by atoms with van der Waals surface area (Å²) in [5.41, 5.74) is 0. The molecule has 2 rings (SSSR count). The molecule has 0 amide bonds. The van der Waals surface area contributed by atoms with E-state index in [1.807, 2.05) is 0 Å². The molecule has 0 saturated carbocycles. The minimum atomic E-state index is 0. The molecule has 1 aliphatic heterocycles. The van der Waals surface area contributed by atoms with Crippen LogP contribution in [0.3, 0.4) is 0 Å². The van der Waals surface area contributed by atoms with Gasteiger partial charge in [0.25, 0.3) is 0 Å². The number of rotatable bonds is 0. The first kappa shape index (κ1) is 9.40. The van der Waals surface area contributed by atoms with Crippen LogP contribution in [0.4, 0.5) is 5.82 Å². The van der Waals surface area contributed by atoms with Crippen LogP contribution < -0.4 is 61.4 Å². The van der Waals surface area contributed by atoms with Gasteiger partial charge in [0.2, 0.25) is 0 Å². The zero-order valence-electron chi connectivity index (χ0n) is 6.29. The number of fused-ring (bicyclic) bond motifs is 1.